The fourth-order valence-corrected chi connectivity index (χ4v) is 4.18. The maximum Gasteiger partial charge on any atom is 0.251 e. The Morgan fingerprint density at radius 3 is 2.21 bits per heavy atom. The molecule has 1 N–H and O–H groups in total. The molecular weight excluding hydrogens is 354 g/mol. The number of aryl methyl sites for hydroxylation is 1. The highest BCUT2D eigenvalue weighted by Gasteiger charge is 2.25. The van der Waals surface area contributed by atoms with Crippen LogP contribution in [0.1, 0.15) is 54.4 Å². The van der Waals surface area contributed by atoms with E-state index in [0.717, 1.165) is 17.9 Å². The van der Waals surface area contributed by atoms with E-state index in [2.05, 4.69) is 5.32 Å². The lowest BCUT2D eigenvalue weighted by Gasteiger charge is -2.35. The molecule has 1 aromatic rings. The topological polar surface area (TPSA) is 69.7 Å². The molecule has 1 aliphatic heterocycles. The number of hydrogen-bond donors (Lipinski definition) is 1. The zero-order valence-corrected chi connectivity index (χ0v) is 16.8. The summed E-state index contributed by atoms with van der Waals surface area (Å²) < 4.78 is 0. The normalized spacial score (nSPS) is 17.6. The first-order valence-corrected chi connectivity index (χ1v) is 10.4. The number of hydrogen-bond acceptors (Lipinski definition) is 3. The SMILES string of the molecule is Cc1ccccc1C(=O)NCC(=O)N1CCN(C(=O)CCC2CCCC2)CC1. The summed E-state index contributed by atoms with van der Waals surface area (Å²) in [7, 11) is 0. The van der Waals surface area contributed by atoms with Crippen LogP contribution >= 0.6 is 0 Å². The van der Waals surface area contributed by atoms with Gasteiger partial charge in [0.15, 0.2) is 0 Å². The number of nitrogens with zero attached hydrogens (tertiary/aromatic N) is 2. The molecule has 3 rings (SSSR count). The highest BCUT2D eigenvalue weighted by atomic mass is 16.2. The molecule has 28 heavy (non-hydrogen) atoms. The maximum atomic E-state index is 12.4. The summed E-state index contributed by atoms with van der Waals surface area (Å²) in [5, 5.41) is 2.71. The van der Waals surface area contributed by atoms with E-state index >= 15 is 0 Å². The van der Waals surface area contributed by atoms with Crippen LogP contribution in [0.4, 0.5) is 0 Å². The molecule has 0 radical (unpaired) electrons. The van der Waals surface area contributed by atoms with E-state index in [0.29, 0.717) is 38.2 Å². The Morgan fingerprint density at radius 2 is 1.57 bits per heavy atom. The summed E-state index contributed by atoms with van der Waals surface area (Å²) in [6.07, 6.45) is 6.78. The van der Waals surface area contributed by atoms with Gasteiger partial charge in [-0.05, 0) is 30.9 Å². The van der Waals surface area contributed by atoms with Gasteiger partial charge in [0, 0.05) is 38.2 Å². The van der Waals surface area contributed by atoms with Crippen LogP contribution in [0.5, 0.6) is 0 Å². The molecule has 1 saturated carbocycles. The highest BCUT2D eigenvalue weighted by Crippen LogP contribution is 2.28. The first-order chi connectivity index (χ1) is 13.5. The maximum absolute atomic E-state index is 12.4. The molecule has 1 saturated heterocycles. The fourth-order valence-electron chi connectivity index (χ4n) is 4.18. The molecule has 6 heteroatoms. The second-order valence-corrected chi connectivity index (χ2v) is 7.95. The van der Waals surface area contributed by atoms with Crippen LogP contribution in [0.3, 0.4) is 0 Å². The van der Waals surface area contributed by atoms with Gasteiger partial charge in [-0.3, -0.25) is 14.4 Å². The van der Waals surface area contributed by atoms with Gasteiger partial charge in [-0.15, -0.1) is 0 Å². The molecule has 0 unspecified atom stereocenters. The molecule has 1 aromatic carbocycles. The first-order valence-electron chi connectivity index (χ1n) is 10.4. The number of carbonyl (C=O) groups is 3. The number of nitrogens with one attached hydrogen (secondary N) is 1. The third-order valence-corrected chi connectivity index (χ3v) is 6.02. The zero-order valence-electron chi connectivity index (χ0n) is 16.8. The summed E-state index contributed by atoms with van der Waals surface area (Å²) >= 11 is 0. The number of carbonyl (C=O) groups excluding carboxylic acids is 3. The average molecular weight is 386 g/mol. The van der Waals surface area contributed by atoms with Crippen LogP contribution in [-0.2, 0) is 9.59 Å². The van der Waals surface area contributed by atoms with Crippen molar-refractivity contribution in [1.82, 2.24) is 15.1 Å². The standard InChI is InChI=1S/C22H31N3O3/c1-17-6-2-5-9-19(17)22(28)23-16-21(27)25-14-12-24(13-15-25)20(26)11-10-18-7-3-4-8-18/h2,5-6,9,18H,3-4,7-8,10-16H2,1H3,(H,23,28). The highest BCUT2D eigenvalue weighted by molar-refractivity contribution is 5.97. The van der Waals surface area contributed by atoms with Crippen molar-refractivity contribution in [2.75, 3.05) is 32.7 Å². The summed E-state index contributed by atoms with van der Waals surface area (Å²) in [6.45, 7) is 4.10. The molecule has 3 amide bonds. The molecule has 0 spiro atoms. The molecule has 0 atom stereocenters. The molecule has 0 bridgehead atoms. The molecule has 1 heterocycles. The second kappa shape index (κ2) is 9.71. The Labute approximate surface area is 167 Å². The molecule has 2 fully saturated rings. The summed E-state index contributed by atoms with van der Waals surface area (Å²) in [6, 6.07) is 7.32. The fraction of sp³-hybridized carbons (Fsp3) is 0.591. The van der Waals surface area contributed by atoms with Crippen molar-refractivity contribution in [3.8, 4) is 0 Å². The van der Waals surface area contributed by atoms with E-state index in [1.54, 1.807) is 11.0 Å². The molecule has 1 aliphatic carbocycles. The van der Waals surface area contributed by atoms with Crippen molar-refractivity contribution in [3.05, 3.63) is 35.4 Å². The van der Waals surface area contributed by atoms with Crippen LogP contribution in [-0.4, -0.2) is 60.2 Å². The number of amides is 3. The number of rotatable bonds is 6. The average Bonchev–Trinajstić information content (AvgIpc) is 3.24. The third kappa shape index (κ3) is 5.33. The second-order valence-electron chi connectivity index (χ2n) is 7.95. The van der Waals surface area contributed by atoms with Crippen molar-refractivity contribution in [2.45, 2.75) is 45.4 Å². The van der Waals surface area contributed by atoms with Crippen LogP contribution in [0.25, 0.3) is 0 Å². The molecule has 0 aromatic heterocycles. The lowest BCUT2D eigenvalue weighted by molar-refractivity contribution is -0.139. The van der Waals surface area contributed by atoms with E-state index in [-0.39, 0.29) is 24.3 Å². The minimum absolute atomic E-state index is 0.0111. The molecule has 152 valence electrons. The van der Waals surface area contributed by atoms with Crippen molar-refractivity contribution >= 4 is 17.7 Å². The smallest absolute Gasteiger partial charge is 0.251 e. The Bertz CT molecular complexity index is 705. The van der Waals surface area contributed by atoms with Gasteiger partial charge in [-0.1, -0.05) is 43.9 Å². The molecule has 2 aliphatic rings. The summed E-state index contributed by atoms with van der Waals surface area (Å²) in [4.78, 5) is 40.7. The van der Waals surface area contributed by atoms with Gasteiger partial charge in [-0.25, -0.2) is 0 Å². The number of benzene rings is 1. The van der Waals surface area contributed by atoms with Crippen molar-refractivity contribution < 1.29 is 14.4 Å². The van der Waals surface area contributed by atoms with Crippen molar-refractivity contribution in [3.63, 3.8) is 0 Å². The number of piperazine rings is 1. The van der Waals surface area contributed by atoms with Crippen molar-refractivity contribution in [1.29, 1.82) is 0 Å². The van der Waals surface area contributed by atoms with E-state index < -0.39 is 0 Å². The third-order valence-electron chi connectivity index (χ3n) is 6.02. The lowest BCUT2D eigenvalue weighted by atomic mass is 10.0. The van der Waals surface area contributed by atoms with Gasteiger partial charge in [0.1, 0.15) is 0 Å². The van der Waals surface area contributed by atoms with Gasteiger partial charge in [-0.2, -0.15) is 0 Å². The Balaban J connectivity index is 1.38. The lowest BCUT2D eigenvalue weighted by Crippen LogP contribution is -2.52. The monoisotopic (exact) mass is 385 g/mol. The van der Waals surface area contributed by atoms with Crippen molar-refractivity contribution in [2.24, 2.45) is 5.92 Å². The van der Waals surface area contributed by atoms with Gasteiger partial charge < -0.3 is 15.1 Å². The predicted octanol–water partition coefficient (Wildman–Crippen LogP) is 2.37. The van der Waals surface area contributed by atoms with E-state index in [1.807, 2.05) is 30.0 Å². The van der Waals surface area contributed by atoms with Gasteiger partial charge in [0.25, 0.3) is 5.91 Å². The molecule has 6 nitrogen and oxygen atoms in total. The first kappa shape index (κ1) is 20.4. The Morgan fingerprint density at radius 1 is 0.964 bits per heavy atom. The predicted molar refractivity (Wildman–Crippen MR) is 108 cm³/mol. The largest absolute Gasteiger partial charge is 0.343 e. The Kier molecular flexibility index (Phi) is 7.06. The van der Waals surface area contributed by atoms with E-state index in [9.17, 15) is 14.4 Å². The van der Waals surface area contributed by atoms with Crippen LogP contribution < -0.4 is 5.32 Å². The quantitative estimate of drug-likeness (QED) is 0.817. The van der Waals surface area contributed by atoms with Crippen LogP contribution in [0, 0.1) is 12.8 Å². The van der Waals surface area contributed by atoms with Gasteiger partial charge in [0.05, 0.1) is 6.54 Å². The summed E-state index contributed by atoms with van der Waals surface area (Å²) in [5.74, 6) is 0.614. The van der Waals surface area contributed by atoms with Gasteiger partial charge >= 0.3 is 0 Å². The summed E-state index contributed by atoms with van der Waals surface area (Å²) in [5.41, 5.74) is 1.48. The van der Waals surface area contributed by atoms with E-state index in [4.69, 9.17) is 0 Å². The minimum atomic E-state index is -0.229. The van der Waals surface area contributed by atoms with Crippen LogP contribution in [0.2, 0.25) is 0 Å². The molecular formula is C22H31N3O3. The Hall–Kier alpha value is -2.37. The van der Waals surface area contributed by atoms with E-state index in [1.165, 1.54) is 25.7 Å². The minimum Gasteiger partial charge on any atom is -0.343 e. The zero-order chi connectivity index (χ0) is 19.9. The van der Waals surface area contributed by atoms with Crippen LogP contribution in [0.15, 0.2) is 24.3 Å². The van der Waals surface area contributed by atoms with Gasteiger partial charge in [0.2, 0.25) is 11.8 Å².